The molecule has 0 aliphatic heterocycles. The molecular weight excluding hydrogens is 384 g/mol. The van der Waals surface area contributed by atoms with E-state index in [0.717, 1.165) is 25.8 Å². The maximum Gasteiger partial charge on any atom is 0.273 e. The highest BCUT2D eigenvalue weighted by Crippen LogP contribution is 2.34. The standard InChI is InChI=1S/C16H8BrClN2OS/c17-9-1-3-10(4-2-9)20-8-6-11-13-12(18)5-7-19-15(13)22-14(11)16(20)21/h1-8H. The maximum atomic E-state index is 12.8. The van der Waals surface area contributed by atoms with E-state index in [1.165, 1.54) is 11.3 Å². The fourth-order valence-electron chi connectivity index (χ4n) is 2.46. The van der Waals surface area contributed by atoms with Gasteiger partial charge in [-0.05, 0) is 36.4 Å². The molecular formula is C16H8BrClN2OS. The summed E-state index contributed by atoms with van der Waals surface area (Å²) in [6, 6.07) is 11.3. The first-order valence-corrected chi connectivity index (χ1v) is 8.48. The number of aromatic nitrogens is 2. The number of nitrogens with zero attached hydrogens (tertiary/aromatic N) is 2. The summed E-state index contributed by atoms with van der Waals surface area (Å²) in [7, 11) is 0. The number of fused-ring (bicyclic) bond motifs is 3. The van der Waals surface area contributed by atoms with E-state index >= 15 is 0 Å². The Morgan fingerprint density at radius 2 is 1.91 bits per heavy atom. The fourth-order valence-corrected chi connectivity index (χ4v) is 4.12. The van der Waals surface area contributed by atoms with E-state index in [0.29, 0.717) is 9.72 Å². The average molecular weight is 392 g/mol. The molecule has 4 aromatic rings. The Balaban J connectivity index is 2.06. The number of thiophene rings is 1. The van der Waals surface area contributed by atoms with E-state index in [2.05, 4.69) is 20.9 Å². The van der Waals surface area contributed by atoms with E-state index in [9.17, 15) is 4.79 Å². The van der Waals surface area contributed by atoms with E-state index in [4.69, 9.17) is 11.6 Å². The van der Waals surface area contributed by atoms with Gasteiger partial charge in [-0.3, -0.25) is 9.36 Å². The molecule has 0 spiro atoms. The molecule has 0 atom stereocenters. The predicted octanol–water partition coefficient (Wildman–Crippen LogP) is 5.02. The highest BCUT2D eigenvalue weighted by atomic mass is 79.9. The molecule has 3 nitrogen and oxygen atoms in total. The van der Waals surface area contributed by atoms with Gasteiger partial charge in [-0.15, -0.1) is 11.3 Å². The van der Waals surface area contributed by atoms with Crippen molar-refractivity contribution < 1.29 is 0 Å². The van der Waals surface area contributed by atoms with Crippen LogP contribution in [0.4, 0.5) is 0 Å². The van der Waals surface area contributed by atoms with E-state index in [-0.39, 0.29) is 5.56 Å². The van der Waals surface area contributed by atoms with E-state index in [1.807, 2.05) is 30.3 Å². The highest BCUT2D eigenvalue weighted by molar-refractivity contribution is 9.10. The number of halogens is 2. The lowest BCUT2D eigenvalue weighted by atomic mass is 10.2. The van der Waals surface area contributed by atoms with Gasteiger partial charge in [-0.2, -0.15) is 0 Å². The zero-order chi connectivity index (χ0) is 15.3. The quantitative estimate of drug-likeness (QED) is 0.457. The van der Waals surface area contributed by atoms with Crippen LogP contribution < -0.4 is 5.56 Å². The van der Waals surface area contributed by atoms with Crippen LogP contribution in [0.2, 0.25) is 5.02 Å². The van der Waals surface area contributed by atoms with Crippen LogP contribution in [-0.2, 0) is 0 Å². The van der Waals surface area contributed by atoms with Crippen molar-refractivity contribution in [2.75, 3.05) is 0 Å². The van der Waals surface area contributed by atoms with Gasteiger partial charge >= 0.3 is 0 Å². The smallest absolute Gasteiger partial charge is 0.273 e. The van der Waals surface area contributed by atoms with Crippen LogP contribution >= 0.6 is 38.9 Å². The third kappa shape index (κ3) is 2.08. The zero-order valence-corrected chi connectivity index (χ0v) is 14.2. The molecule has 1 aromatic carbocycles. The Bertz CT molecular complexity index is 1070. The molecule has 0 aliphatic carbocycles. The molecule has 0 radical (unpaired) electrons. The first-order chi connectivity index (χ1) is 10.6. The molecule has 3 heterocycles. The van der Waals surface area contributed by atoms with Gasteiger partial charge < -0.3 is 0 Å². The second-order valence-electron chi connectivity index (χ2n) is 4.79. The third-order valence-electron chi connectivity index (χ3n) is 3.49. The number of benzene rings is 1. The first kappa shape index (κ1) is 13.9. The Hall–Kier alpha value is -1.69. The van der Waals surface area contributed by atoms with Gasteiger partial charge in [0.05, 0.1) is 5.02 Å². The molecule has 0 saturated heterocycles. The SMILES string of the molecule is O=c1c2sc3nccc(Cl)c3c2ccn1-c1ccc(Br)cc1. The highest BCUT2D eigenvalue weighted by Gasteiger charge is 2.13. The van der Waals surface area contributed by atoms with Crippen molar-refractivity contribution in [2.45, 2.75) is 0 Å². The Kier molecular flexibility index (Phi) is 3.29. The minimum Gasteiger partial charge on any atom is -0.283 e. The van der Waals surface area contributed by atoms with Crippen molar-refractivity contribution in [2.24, 2.45) is 0 Å². The molecule has 0 amide bonds. The van der Waals surface area contributed by atoms with Crippen LogP contribution in [0, 0.1) is 0 Å². The molecule has 3 aromatic heterocycles. The maximum absolute atomic E-state index is 12.8. The largest absolute Gasteiger partial charge is 0.283 e. The Morgan fingerprint density at radius 3 is 2.68 bits per heavy atom. The zero-order valence-electron chi connectivity index (χ0n) is 11.1. The van der Waals surface area contributed by atoms with Crippen molar-refractivity contribution >= 4 is 59.2 Å². The number of pyridine rings is 2. The lowest BCUT2D eigenvalue weighted by molar-refractivity contribution is 1.01. The molecule has 0 fully saturated rings. The second-order valence-corrected chi connectivity index (χ2v) is 7.11. The number of hydrogen-bond acceptors (Lipinski definition) is 3. The van der Waals surface area contributed by atoms with Crippen LogP contribution in [-0.4, -0.2) is 9.55 Å². The van der Waals surface area contributed by atoms with Crippen LogP contribution in [0.25, 0.3) is 26.0 Å². The molecule has 0 aliphatic rings. The van der Waals surface area contributed by atoms with Crippen molar-refractivity contribution in [1.29, 1.82) is 0 Å². The van der Waals surface area contributed by atoms with Crippen LogP contribution in [0.5, 0.6) is 0 Å². The minimum atomic E-state index is -0.0566. The Labute approximate surface area is 142 Å². The monoisotopic (exact) mass is 390 g/mol. The normalized spacial score (nSPS) is 11.4. The summed E-state index contributed by atoms with van der Waals surface area (Å²) < 4.78 is 3.28. The lowest BCUT2D eigenvalue weighted by Gasteiger charge is -2.05. The van der Waals surface area contributed by atoms with Gasteiger partial charge in [0, 0.05) is 33.3 Å². The molecule has 22 heavy (non-hydrogen) atoms. The van der Waals surface area contributed by atoms with Gasteiger partial charge in [0.25, 0.3) is 5.56 Å². The second kappa shape index (κ2) is 5.19. The van der Waals surface area contributed by atoms with Gasteiger partial charge in [-0.1, -0.05) is 27.5 Å². The lowest BCUT2D eigenvalue weighted by Crippen LogP contribution is -2.16. The summed E-state index contributed by atoms with van der Waals surface area (Å²) in [6.07, 6.45) is 3.44. The summed E-state index contributed by atoms with van der Waals surface area (Å²) >= 11 is 11.0. The summed E-state index contributed by atoms with van der Waals surface area (Å²) in [6.45, 7) is 0. The summed E-state index contributed by atoms with van der Waals surface area (Å²) in [5.41, 5.74) is 0.769. The van der Waals surface area contributed by atoms with Crippen molar-refractivity contribution in [1.82, 2.24) is 9.55 Å². The molecule has 4 rings (SSSR count). The average Bonchev–Trinajstić information content (AvgIpc) is 2.90. The Morgan fingerprint density at radius 1 is 1.14 bits per heavy atom. The molecule has 0 N–H and O–H groups in total. The summed E-state index contributed by atoms with van der Waals surface area (Å²) in [4.78, 5) is 17.9. The van der Waals surface area contributed by atoms with Crippen LogP contribution in [0.1, 0.15) is 0 Å². The summed E-state index contributed by atoms with van der Waals surface area (Å²) in [5, 5.41) is 2.33. The molecule has 108 valence electrons. The van der Waals surface area contributed by atoms with Crippen LogP contribution in [0.3, 0.4) is 0 Å². The first-order valence-electron chi connectivity index (χ1n) is 6.49. The van der Waals surface area contributed by atoms with Crippen molar-refractivity contribution in [3.8, 4) is 5.69 Å². The molecule has 0 saturated carbocycles. The molecule has 0 unspecified atom stereocenters. The van der Waals surface area contributed by atoms with Crippen LogP contribution in [0.15, 0.2) is 58.1 Å². The minimum absolute atomic E-state index is 0.0566. The fraction of sp³-hybridized carbons (Fsp3) is 0. The van der Waals surface area contributed by atoms with E-state index < -0.39 is 0 Å². The third-order valence-corrected chi connectivity index (χ3v) is 5.43. The van der Waals surface area contributed by atoms with Gasteiger partial charge in [0.2, 0.25) is 0 Å². The number of rotatable bonds is 1. The molecule has 0 bridgehead atoms. The van der Waals surface area contributed by atoms with Gasteiger partial charge in [0.15, 0.2) is 0 Å². The van der Waals surface area contributed by atoms with E-state index in [1.54, 1.807) is 23.0 Å². The summed E-state index contributed by atoms with van der Waals surface area (Å²) in [5.74, 6) is 0. The van der Waals surface area contributed by atoms with Gasteiger partial charge in [-0.25, -0.2) is 4.98 Å². The number of hydrogen-bond donors (Lipinski definition) is 0. The van der Waals surface area contributed by atoms with Crippen molar-refractivity contribution in [3.63, 3.8) is 0 Å². The molecule has 6 heteroatoms. The topological polar surface area (TPSA) is 34.9 Å². The predicted molar refractivity (Wildman–Crippen MR) is 95.4 cm³/mol. The van der Waals surface area contributed by atoms with Gasteiger partial charge in [0.1, 0.15) is 9.53 Å². The van der Waals surface area contributed by atoms with Crippen molar-refractivity contribution in [3.05, 3.63) is 68.6 Å².